The molecule has 0 radical (unpaired) electrons. The van der Waals surface area contributed by atoms with Crippen LogP contribution in [-0.4, -0.2) is 49.0 Å². The van der Waals surface area contributed by atoms with E-state index >= 15 is 0 Å². The smallest absolute Gasteiger partial charge is 0.407 e. The minimum absolute atomic E-state index is 0.206. The van der Waals surface area contributed by atoms with Crippen LogP contribution in [-0.2, 0) is 11.3 Å². The van der Waals surface area contributed by atoms with Crippen LogP contribution >= 0.6 is 34.8 Å². The molecule has 4 N–H and O–H groups in total. The fourth-order valence-electron chi connectivity index (χ4n) is 2.31. The van der Waals surface area contributed by atoms with Crippen molar-refractivity contribution in [3.8, 4) is 0 Å². The number of nitrogens with one attached hydrogen (secondary N) is 2. The Morgan fingerprint density at radius 3 is 2.83 bits per heavy atom. The standard InChI is InChI=1S/C18H23Cl3N6O2/c1-27(11-25-15-10-23-17(21)26-16(15)22)7-2-3-8-29-18(28)24-9-12-13(19)5-4-6-14(12)20/h4-6,10-11,17,23H,2-3,7-9H2,1H3,(H2,22,26)(H,24,28)/b25-11-. The van der Waals surface area contributed by atoms with Gasteiger partial charge in [0.2, 0.25) is 0 Å². The van der Waals surface area contributed by atoms with Crippen molar-refractivity contribution in [2.75, 3.05) is 20.2 Å². The Hall–Kier alpha value is -2.16. The number of nitrogens with zero attached hydrogens (tertiary/aromatic N) is 3. The van der Waals surface area contributed by atoms with E-state index in [0.717, 1.165) is 13.0 Å². The maximum atomic E-state index is 11.8. The zero-order chi connectivity index (χ0) is 21.2. The minimum Gasteiger partial charge on any atom is -0.450 e. The molecule has 8 nitrogen and oxygen atoms in total. The second-order valence-electron chi connectivity index (χ2n) is 6.17. The third kappa shape index (κ3) is 8.00. The predicted octanol–water partition coefficient (Wildman–Crippen LogP) is 3.28. The van der Waals surface area contributed by atoms with Crippen molar-refractivity contribution in [2.45, 2.75) is 25.0 Å². The third-order valence-electron chi connectivity index (χ3n) is 3.88. The molecule has 1 aliphatic heterocycles. The molecule has 29 heavy (non-hydrogen) atoms. The largest absolute Gasteiger partial charge is 0.450 e. The van der Waals surface area contributed by atoms with Crippen LogP contribution < -0.4 is 16.4 Å². The van der Waals surface area contributed by atoms with Gasteiger partial charge in [0.25, 0.3) is 0 Å². The molecular formula is C18H23Cl3N6O2. The fourth-order valence-corrected chi connectivity index (χ4v) is 3.01. The van der Waals surface area contributed by atoms with Gasteiger partial charge in [-0.15, -0.1) is 0 Å². The molecule has 1 atom stereocenters. The van der Waals surface area contributed by atoms with Gasteiger partial charge in [-0.1, -0.05) is 40.9 Å². The van der Waals surface area contributed by atoms with E-state index in [1.807, 2.05) is 11.9 Å². The number of hydrogen-bond donors (Lipinski definition) is 3. The van der Waals surface area contributed by atoms with Gasteiger partial charge in [0.1, 0.15) is 11.5 Å². The maximum Gasteiger partial charge on any atom is 0.407 e. The van der Waals surface area contributed by atoms with Gasteiger partial charge < -0.3 is 26.0 Å². The molecule has 1 heterocycles. The Bertz CT molecular complexity index is 780. The zero-order valence-electron chi connectivity index (χ0n) is 15.9. The van der Waals surface area contributed by atoms with Crippen molar-refractivity contribution in [3.63, 3.8) is 0 Å². The van der Waals surface area contributed by atoms with Gasteiger partial charge in [-0.2, -0.15) is 0 Å². The van der Waals surface area contributed by atoms with Crippen LogP contribution in [0.4, 0.5) is 4.79 Å². The van der Waals surface area contributed by atoms with Crippen molar-refractivity contribution in [2.24, 2.45) is 15.7 Å². The molecule has 0 saturated carbocycles. The Labute approximate surface area is 184 Å². The van der Waals surface area contributed by atoms with E-state index in [9.17, 15) is 4.79 Å². The zero-order valence-corrected chi connectivity index (χ0v) is 18.1. The number of ether oxygens (including phenoxy) is 1. The Morgan fingerprint density at radius 2 is 2.14 bits per heavy atom. The predicted molar refractivity (Wildman–Crippen MR) is 117 cm³/mol. The quantitative estimate of drug-likeness (QED) is 0.172. The lowest BCUT2D eigenvalue weighted by Crippen LogP contribution is -2.29. The van der Waals surface area contributed by atoms with Gasteiger partial charge in [0.05, 0.1) is 12.9 Å². The SMILES string of the molecule is CN(/C=N\C1=CNC(Cl)N=C1N)CCCCOC(=O)NCc1c(Cl)cccc1Cl. The highest BCUT2D eigenvalue weighted by atomic mass is 35.5. The van der Waals surface area contributed by atoms with Crippen molar-refractivity contribution in [1.82, 2.24) is 15.5 Å². The first-order valence-electron chi connectivity index (χ1n) is 8.88. The van der Waals surface area contributed by atoms with Crippen LogP contribution in [0.5, 0.6) is 0 Å². The summed E-state index contributed by atoms with van der Waals surface area (Å²) in [6, 6.07) is 5.17. The molecule has 0 bridgehead atoms. The molecule has 1 amide bonds. The lowest BCUT2D eigenvalue weighted by molar-refractivity contribution is 0.143. The third-order valence-corrected chi connectivity index (χ3v) is 4.81. The highest BCUT2D eigenvalue weighted by Crippen LogP contribution is 2.23. The first kappa shape index (κ1) is 23.1. The average molecular weight is 462 g/mol. The summed E-state index contributed by atoms with van der Waals surface area (Å²) in [4.78, 5) is 21.9. The Balaban J connectivity index is 1.60. The van der Waals surface area contributed by atoms with Crippen LogP contribution in [0, 0.1) is 0 Å². The molecule has 1 unspecified atom stereocenters. The second-order valence-corrected chi connectivity index (χ2v) is 7.40. The van der Waals surface area contributed by atoms with E-state index in [0.29, 0.717) is 34.3 Å². The summed E-state index contributed by atoms with van der Waals surface area (Å²) >= 11 is 17.9. The number of benzene rings is 1. The number of carbonyl (C=O) groups excluding carboxylic acids is 1. The van der Waals surface area contributed by atoms with Gasteiger partial charge >= 0.3 is 6.09 Å². The van der Waals surface area contributed by atoms with Crippen molar-refractivity contribution in [3.05, 3.63) is 45.7 Å². The molecule has 0 spiro atoms. The summed E-state index contributed by atoms with van der Waals surface area (Å²) in [7, 11) is 1.89. The van der Waals surface area contributed by atoms with E-state index in [2.05, 4.69) is 20.6 Å². The summed E-state index contributed by atoms with van der Waals surface area (Å²) in [5.74, 6) is 0.283. The summed E-state index contributed by atoms with van der Waals surface area (Å²) in [5.41, 5.74) is 6.37. The summed E-state index contributed by atoms with van der Waals surface area (Å²) in [6.45, 7) is 1.25. The number of rotatable bonds is 9. The molecule has 0 aliphatic carbocycles. The summed E-state index contributed by atoms with van der Waals surface area (Å²) < 4.78 is 5.15. The topological polar surface area (TPSA) is 104 Å². The summed E-state index contributed by atoms with van der Waals surface area (Å²) in [6.07, 6.45) is 4.29. The van der Waals surface area contributed by atoms with E-state index in [1.54, 1.807) is 30.7 Å². The van der Waals surface area contributed by atoms with Gasteiger partial charge in [0.15, 0.2) is 5.62 Å². The number of carbonyl (C=O) groups is 1. The molecule has 1 aliphatic rings. The Kier molecular flexibility index (Phi) is 9.37. The monoisotopic (exact) mass is 460 g/mol. The average Bonchev–Trinajstić information content (AvgIpc) is 2.66. The molecule has 11 heteroatoms. The molecule has 158 valence electrons. The van der Waals surface area contributed by atoms with Crippen molar-refractivity contribution < 1.29 is 9.53 Å². The van der Waals surface area contributed by atoms with Crippen LogP contribution in [0.3, 0.4) is 0 Å². The van der Waals surface area contributed by atoms with Gasteiger partial charge in [-0.05, 0) is 25.0 Å². The van der Waals surface area contributed by atoms with Crippen molar-refractivity contribution in [1.29, 1.82) is 0 Å². The van der Waals surface area contributed by atoms with Gasteiger partial charge in [-0.3, -0.25) is 0 Å². The van der Waals surface area contributed by atoms with Crippen LogP contribution in [0.15, 0.2) is 40.1 Å². The van der Waals surface area contributed by atoms with Crippen LogP contribution in [0.2, 0.25) is 10.0 Å². The molecule has 0 aromatic heterocycles. The number of amidine groups is 1. The van der Waals surface area contributed by atoms with Gasteiger partial charge in [-0.25, -0.2) is 14.8 Å². The first-order valence-corrected chi connectivity index (χ1v) is 10.1. The number of nitrogens with two attached hydrogens (primary N) is 1. The molecule has 2 rings (SSSR count). The highest BCUT2D eigenvalue weighted by Gasteiger charge is 2.11. The van der Waals surface area contributed by atoms with E-state index in [-0.39, 0.29) is 12.4 Å². The molecule has 0 saturated heterocycles. The fraction of sp³-hybridized carbons (Fsp3) is 0.389. The maximum absolute atomic E-state index is 11.8. The number of halogens is 3. The molecule has 1 aromatic carbocycles. The van der Waals surface area contributed by atoms with Crippen LogP contribution in [0.1, 0.15) is 18.4 Å². The van der Waals surface area contributed by atoms with E-state index in [4.69, 9.17) is 45.3 Å². The van der Waals surface area contributed by atoms with Crippen LogP contribution in [0.25, 0.3) is 0 Å². The van der Waals surface area contributed by atoms with E-state index in [1.165, 1.54) is 0 Å². The van der Waals surface area contributed by atoms with E-state index < -0.39 is 11.7 Å². The normalized spacial score (nSPS) is 16.1. The molecule has 0 fully saturated rings. The minimum atomic E-state index is -0.564. The lowest BCUT2D eigenvalue weighted by atomic mass is 10.2. The number of amides is 1. The number of unbranched alkanes of at least 4 members (excludes halogenated alkanes) is 1. The van der Waals surface area contributed by atoms with Crippen molar-refractivity contribution >= 4 is 53.1 Å². The Morgan fingerprint density at radius 1 is 1.41 bits per heavy atom. The summed E-state index contributed by atoms with van der Waals surface area (Å²) in [5, 5.41) is 6.45. The second kappa shape index (κ2) is 11.7. The lowest BCUT2D eigenvalue weighted by Gasteiger charge is -2.16. The number of alkyl carbamates (subject to hydrolysis) is 1. The number of alkyl halides is 1. The molecular weight excluding hydrogens is 439 g/mol. The number of hydrogen-bond acceptors (Lipinski definition) is 6. The number of aliphatic imine (C=N–C) groups is 2. The highest BCUT2D eigenvalue weighted by molar-refractivity contribution is 6.36. The van der Waals surface area contributed by atoms with Gasteiger partial charge in [0, 0.05) is 41.9 Å². The molecule has 1 aromatic rings. The first-order chi connectivity index (χ1) is 13.9.